The van der Waals surface area contributed by atoms with Crippen LogP contribution in [-0.4, -0.2) is 90.0 Å². The number of carboxylic acids is 1. The molecule has 0 spiro atoms. The molecule has 1 aliphatic carbocycles. The summed E-state index contributed by atoms with van der Waals surface area (Å²) < 4.78 is 0.694. The first-order valence-corrected chi connectivity index (χ1v) is 12.2. The largest absolute Gasteiger partial charge is 0.480 e. The fourth-order valence-corrected chi connectivity index (χ4v) is 5.41. The van der Waals surface area contributed by atoms with Gasteiger partial charge in [0.25, 0.3) is 0 Å². The lowest BCUT2D eigenvalue weighted by Crippen LogP contribution is -2.50. The molecule has 0 amide bonds. The fraction of sp³-hybridized carbons (Fsp3) is 0.542. The topological polar surface area (TPSA) is 110 Å². The van der Waals surface area contributed by atoms with Gasteiger partial charge < -0.3 is 15.5 Å². The number of hydrogen-bond acceptors (Lipinski definition) is 7. The molecule has 2 aliphatic rings. The Kier molecular flexibility index (Phi) is 8.81. The Bertz CT molecular complexity index is 913. The number of hydrogen-bond donors (Lipinski definition) is 3. The van der Waals surface area contributed by atoms with Gasteiger partial charge in [-0.05, 0) is 18.1 Å². The predicted molar refractivity (Wildman–Crippen MR) is 128 cm³/mol. The lowest BCUT2D eigenvalue weighted by Gasteiger charge is -2.39. The standard InChI is InChI=1S/C24H32BrN3O5/c1-2-24(23(32)33)19(17-5-3-4-6-20(17)25)15-21(30)18(22(24)31)16-26-7-8-27-9-11-28(12-10-27)13-14-29/h3-6,16,19,26,29H,2,7-15H2,1H3,(H,32,33). The van der Waals surface area contributed by atoms with E-state index in [1.807, 2.05) is 6.07 Å². The number of aliphatic carboxylic acids is 1. The Balaban J connectivity index is 1.71. The Morgan fingerprint density at radius 3 is 2.39 bits per heavy atom. The normalized spacial score (nSPS) is 26.0. The molecule has 8 nitrogen and oxygen atoms in total. The molecular weight excluding hydrogens is 490 g/mol. The Hall–Kier alpha value is -2.07. The lowest BCUT2D eigenvalue weighted by atomic mass is 9.60. The number of rotatable bonds is 9. The van der Waals surface area contributed by atoms with Gasteiger partial charge in [0.1, 0.15) is 5.41 Å². The molecule has 180 valence electrons. The number of carbonyl (C=O) groups is 3. The molecule has 1 aliphatic heterocycles. The number of allylic oxidation sites excluding steroid dienone is 1. The van der Waals surface area contributed by atoms with Crippen molar-refractivity contribution in [3.8, 4) is 0 Å². The van der Waals surface area contributed by atoms with Crippen LogP contribution in [0, 0.1) is 5.41 Å². The van der Waals surface area contributed by atoms with Crippen molar-refractivity contribution in [2.24, 2.45) is 5.41 Å². The van der Waals surface area contributed by atoms with Crippen LogP contribution in [0.5, 0.6) is 0 Å². The van der Waals surface area contributed by atoms with Crippen molar-refractivity contribution in [2.75, 3.05) is 52.4 Å². The van der Waals surface area contributed by atoms with Gasteiger partial charge in [0, 0.05) is 68.8 Å². The van der Waals surface area contributed by atoms with Gasteiger partial charge >= 0.3 is 5.97 Å². The molecule has 1 aromatic rings. The van der Waals surface area contributed by atoms with Crippen molar-refractivity contribution in [1.29, 1.82) is 0 Å². The van der Waals surface area contributed by atoms with Crippen LogP contribution < -0.4 is 5.32 Å². The molecule has 2 unspecified atom stereocenters. The second kappa shape index (κ2) is 11.4. The number of benzene rings is 1. The van der Waals surface area contributed by atoms with E-state index in [2.05, 4.69) is 31.0 Å². The number of halogens is 1. The van der Waals surface area contributed by atoms with Gasteiger partial charge in [-0.2, -0.15) is 0 Å². The van der Waals surface area contributed by atoms with Crippen LogP contribution in [0.15, 0.2) is 40.5 Å². The van der Waals surface area contributed by atoms with Gasteiger partial charge in [0.05, 0.1) is 12.2 Å². The minimum absolute atomic E-state index is 0.0329. The van der Waals surface area contributed by atoms with E-state index in [0.29, 0.717) is 23.1 Å². The van der Waals surface area contributed by atoms with Crippen molar-refractivity contribution in [3.63, 3.8) is 0 Å². The van der Waals surface area contributed by atoms with Gasteiger partial charge in [-0.1, -0.05) is 41.1 Å². The first-order valence-electron chi connectivity index (χ1n) is 11.4. The van der Waals surface area contributed by atoms with Crippen molar-refractivity contribution >= 4 is 33.5 Å². The molecule has 1 heterocycles. The number of aliphatic hydroxyl groups excluding tert-OH is 1. The van der Waals surface area contributed by atoms with Crippen molar-refractivity contribution in [3.05, 3.63) is 46.1 Å². The summed E-state index contributed by atoms with van der Waals surface area (Å²) >= 11 is 3.46. The second-order valence-electron chi connectivity index (χ2n) is 8.58. The number of β-amino-alcohol motifs (C(OH)–C–C–N with tert-alkyl or cyclic N) is 1. The minimum atomic E-state index is -1.69. The first kappa shape index (κ1) is 25.6. The highest BCUT2D eigenvalue weighted by Crippen LogP contribution is 2.49. The molecule has 2 atom stereocenters. The molecule has 3 N–H and O–H groups in total. The van der Waals surface area contributed by atoms with Gasteiger partial charge in [-0.3, -0.25) is 24.2 Å². The molecule has 0 aromatic heterocycles. The zero-order valence-corrected chi connectivity index (χ0v) is 20.5. The Morgan fingerprint density at radius 1 is 1.18 bits per heavy atom. The van der Waals surface area contributed by atoms with E-state index in [0.717, 1.165) is 32.7 Å². The third-order valence-corrected chi connectivity index (χ3v) is 7.58. The summed E-state index contributed by atoms with van der Waals surface area (Å²) in [4.78, 5) is 43.3. The molecule has 3 rings (SSSR count). The number of Topliss-reactive ketones (excluding diaryl/α,β-unsaturated/α-hetero) is 2. The highest BCUT2D eigenvalue weighted by molar-refractivity contribution is 9.10. The zero-order chi connectivity index (χ0) is 24.0. The minimum Gasteiger partial charge on any atom is -0.480 e. The monoisotopic (exact) mass is 521 g/mol. The van der Waals surface area contributed by atoms with Crippen LogP contribution in [-0.2, 0) is 14.4 Å². The number of carbonyl (C=O) groups excluding carboxylic acids is 2. The molecule has 9 heteroatoms. The molecule has 0 bridgehead atoms. The Labute approximate surface area is 202 Å². The lowest BCUT2D eigenvalue weighted by molar-refractivity contribution is -0.157. The van der Waals surface area contributed by atoms with Gasteiger partial charge in [-0.15, -0.1) is 0 Å². The van der Waals surface area contributed by atoms with Crippen molar-refractivity contribution in [2.45, 2.75) is 25.7 Å². The first-order chi connectivity index (χ1) is 15.8. The molecule has 1 saturated heterocycles. The summed E-state index contributed by atoms with van der Waals surface area (Å²) in [6.45, 7) is 7.40. The maximum absolute atomic E-state index is 13.5. The average Bonchev–Trinajstić information content (AvgIpc) is 2.80. The molecule has 1 saturated carbocycles. The van der Waals surface area contributed by atoms with Crippen LogP contribution in [0.4, 0.5) is 0 Å². The van der Waals surface area contributed by atoms with Crippen LogP contribution in [0.1, 0.15) is 31.2 Å². The summed E-state index contributed by atoms with van der Waals surface area (Å²) in [5.41, 5.74) is -1.08. The van der Waals surface area contributed by atoms with Crippen LogP contribution in [0.2, 0.25) is 0 Å². The van der Waals surface area contributed by atoms with Crippen LogP contribution >= 0.6 is 15.9 Å². The summed E-state index contributed by atoms with van der Waals surface area (Å²) in [7, 11) is 0. The van der Waals surface area contributed by atoms with E-state index in [-0.39, 0.29) is 30.8 Å². The average molecular weight is 522 g/mol. The van der Waals surface area contributed by atoms with Gasteiger partial charge in [0.2, 0.25) is 0 Å². The maximum atomic E-state index is 13.5. The van der Waals surface area contributed by atoms with Crippen LogP contribution in [0.25, 0.3) is 0 Å². The third kappa shape index (κ3) is 5.37. The maximum Gasteiger partial charge on any atom is 0.318 e. The van der Waals surface area contributed by atoms with E-state index in [1.165, 1.54) is 6.20 Å². The number of nitrogens with one attached hydrogen (secondary N) is 1. The molecule has 1 aromatic carbocycles. The second-order valence-corrected chi connectivity index (χ2v) is 9.43. The van der Waals surface area contributed by atoms with E-state index in [4.69, 9.17) is 5.11 Å². The van der Waals surface area contributed by atoms with E-state index in [1.54, 1.807) is 25.1 Å². The van der Waals surface area contributed by atoms with E-state index < -0.39 is 23.1 Å². The molecule has 33 heavy (non-hydrogen) atoms. The Morgan fingerprint density at radius 2 is 1.82 bits per heavy atom. The fourth-order valence-electron chi connectivity index (χ4n) is 4.85. The number of ketones is 2. The van der Waals surface area contributed by atoms with Gasteiger partial charge in [-0.25, -0.2) is 0 Å². The smallest absolute Gasteiger partial charge is 0.318 e. The summed E-state index contributed by atoms with van der Waals surface area (Å²) in [6, 6.07) is 7.17. The summed E-state index contributed by atoms with van der Waals surface area (Å²) in [5, 5.41) is 22.3. The number of carboxylic acid groups (broad SMARTS) is 1. The SMILES string of the molecule is CCC1(C(=O)O)C(=O)C(=CNCCN2CCN(CCO)CC2)C(=O)CC1c1ccccc1Br. The highest BCUT2D eigenvalue weighted by Gasteiger charge is 2.57. The summed E-state index contributed by atoms with van der Waals surface area (Å²) in [5.74, 6) is -2.89. The van der Waals surface area contributed by atoms with E-state index >= 15 is 0 Å². The van der Waals surface area contributed by atoms with E-state index in [9.17, 15) is 19.5 Å². The molecule has 0 radical (unpaired) electrons. The zero-order valence-electron chi connectivity index (χ0n) is 18.9. The molecular formula is C24H32BrN3O5. The van der Waals surface area contributed by atoms with Crippen LogP contribution in [0.3, 0.4) is 0 Å². The summed E-state index contributed by atoms with van der Waals surface area (Å²) in [6.07, 6.45) is 1.47. The number of aliphatic hydroxyl groups is 1. The quantitative estimate of drug-likeness (QED) is 0.194. The van der Waals surface area contributed by atoms with Gasteiger partial charge in [0.15, 0.2) is 11.6 Å². The van der Waals surface area contributed by atoms with Crippen molar-refractivity contribution < 1.29 is 24.6 Å². The molecule has 2 fully saturated rings. The van der Waals surface area contributed by atoms with Crippen molar-refractivity contribution in [1.82, 2.24) is 15.1 Å². The number of nitrogens with zero attached hydrogens (tertiary/aromatic N) is 2. The predicted octanol–water partition coefficient (Wildman–Crippen LogP) is 1.64. The number of piperazine rings is 1. The third-order valence-electron chi connectivity index (χ3n) is 6.85. The highest BCUT2D eigenvalue weighted by atomic mass is 79.9.